The Morgan fingerprint density at radius 3 is 2.69 bits per heavy atom. The molecule has 0 saturated heterocycles. The lowest BCUT2D eigenvalue weighted by atomic mass is 9.93. The van der Waals surface area contributed by atoms with E-state index >= 15 is 0 Å². The molecule has 0 radical (unpaired) electrons. The van der Waals surface area contributed by atoms with Crippen molar-refractivity contribution in [2.75, 3.05) is 0 Å². The van der Waals surface area contributed by atoms with Gasteiger partial charge in [0, 0.05) is 41.6 Å². The van der Waals surface area contributed by atoms with Crippen molar-refractivity contribution in [2.24, 2.45) is 13.0 Å². The molecule has 164 valence electrons. The molecule has 0 aliphatic heterocycles. The van der Waals surface area contributed by atoms with Gasteiger partial charge in [0.15, 0.2) is 11.4 Å². The Morgan fingerprint density at radius 1 is 1.25 bits per heavy atom. The summed E-state index contributed by atoms with van der Waals surface area (Å²) in [6.07, 6.45) is -2.14. The fraction of sp³-hybridized carbons (Fsp3) is 0.379. The molecule has 32 heavy (non-hydrogen) atoms. The summed E-state index contributed by atoms with van der Waals surface area (Å²) in [4.78, 5) is 3.49. The highest BCUT2D eigenvalue weighted by Crippen LogP contribution is 2.41. The molecule has 2 aromatic carbocycles. The maximum Gasteiger partial charge on any atom is 0.216 e. The zero-order valence-electron chi connectivity index (χ0n) is 29.2. The normalized spacial score (nSPS) is 19.4. The smallest absolute Gasteiger partial charge is 0.216 e. The predicted molar refractivity (Wildman–Crippen MR) is 133 cm³/mol. The molecule has 0 spiro atoms. The summed E-state index contributed by atoms with van der Waals surface area (Å²) < 4.78 is 91.9. The molecule has 0 aliphatic rings. The van der Waals surface area contributed by atoms with Crippen LogP contribution >= 0.6 is 0 Å². The summed E-state index contributed by atoms with van der Waals surface area (Å²) in [7, 11) is 1.63. The van der Waals surface area contributed by atoms with Crippen molar-refractivity contribution in [1.29, 1.82) is 0 Å². The summed E-state index contributed by atoms with van der Waals surface area (Å²) in [5.41, 5.74) is 1.91. The van der Waals surface area contributed by atoms with Crippen molar-refractivity contribution < 1.29 is 22.7 Å². The largest absolute Gasteiger partial charge is 0.456 e. The maximum absolute atomic E-state index is 9.27. The second kappa shape index (κ2) is 8.10. The molecule has 2 aromatic heterocycles. The van der Waals surface area contributed by atoms with Crippen LogP contribution in [0.2, 0.25) is 0 Å². The van der Waals surface area contributed by atoms with E-state index in [0.717, 1.165) is 0 Å². The molecule has 2 heterocycles. The van der Waals surface area contributed by atoms with Gasteiger partial charge in [0.1, 0.15) is 18.2 Å². The number of pyridine rings is 1. The van der Waals surface area contributed by atoms with E-state index in [2.05, 4.69) is 4.85 Å². The molecule has 0 bridgehead atoms. The number of nitrogens with zero attached hydrogens (tertiary/aromatic N) is 2. The molecule has 0 saturated carbocycles. The molecule has 3 heteroatoms. The molecule has 1 atom stereocenters. The second-order valence-electron chi connectivity index (χ2n) is 8.51. The van der Waals surface area contributed by atoms with E-state index in [0.29, 0.717) is 27.5 Å². The lowest BCUT2D eigenvalue weighted by molar-refractivity contribution is -0.667. The first-order chi connectivity index (χ1) is 19.1. The van der Waals surface area contributed by atoms with Gasteiger partial charge in [0.25, 0.3) is 0 Å². The van der Waals surface area contributed by atoms with Crippen LogP contribution in [0.1, 0.15) is 75.2 Å². The average Bonchev–Trinajstić information content (AvgIpc) is 3.22. The number of hydrogen-bond acceptors (Lipinski definition) is 1. The Labute approximate surface area is 205 Å². The van der Waals surface area contributed by atoms with Crippen molar-refractivity contribution in [3.8, 4) is 11.3 Å². The Morgan fingerprint density at radius 2 is 2.03 bits per heavy atom. The summed E-state index contributed by atoms with van der Waals surface area (Å²) in [6.45, 7) is 10.2. The Bertz CT molecular complexity index is 1790. The zero-order chi connectivity index (χ0) is 31.9. The second-order valence-corrected chi connectivity index (χ2v) is 8.51. The molecule has 0 N–H and O–H groups in total. The minimum absolute atomic E-state index is 0.0227. The summed E-state index contributed by atoms with van der Waals surface area (Å²) in [5, 5.41) is 1.04. The van der Waals surface area contributed by atoms with Crippen LogP contribution in [0.25, 0.3) is 38.0 Å². The number of furan rings is 1. The number of hydrogen-bond donors (Lipinski definition) is 0. The van der Waals surface area contributed by atoms with Crippen LogP contribution in [0, 0.1) is 33.2 Å². The third kappa shape index (κ3) is 3.48. The highest BCUT2D eigenvalue weighted by Gasteiger charge is 2.25. The summed E-state index contributed by atoms with van der Waals surface area (Å²) in [6, 6.07) is 6.22. The van der Waals surface area contributed by atoms with Gasteiger partial charge in [-0.2, -0.15) is 4.57 Å². The van der Waals surface area contributed by atoms with Crippen LogP contribution in [0.15, 0.2) is 34.7 Å². The van der Waals surface area contributed by atoms with Crippen LogP contribution in [-0.4, -0.2) is 0 Å². The van der Waals surface area contributed by atoms with Crippen LogP contribution in [0.4, 0.5) is 5.69 Å². The van der Waals surface area contributed by atoms with Crippen molar-refractivity contribution >= 4 is 27.6 Å². The van der Waals surface area contributed by atoms with E-state index in [-0.39, 0.29) is 45.4 Å². The standard InChI is InChI=1S/C29H33N2O/c1-16(2)12-21-13-26(31(9)20(7)19(21)6)28-18(5)10-11-22-24-14-23(17(3)4)25(30-8)15-27(24)32-29(22)28/h10-11,13-17H,12H2,1-7,9H3/q+1/i3D3,6D3,12D2,13D,17D. The van der Waals surface area contributed by atoms with Crippen molar-refractivity contribution in [2.45, 2.75) is 60.6 Å². The zero-order valence-corrected chi connectivity index (χ0v) is 19.2. The van der Waals surface area contributed by atoms with Gasteiger partial charge in [0.2, 0.25) is 5.69 Å². The van der Waals surface area contributed by atoms with Gasteiger partial charge in [-0.05, 0) is 54.7 Å². The van der Waals surface area contributed by atoms with Gasteiger partial charge in [-0.25, -0.2) is 4.85 Å². The first-order valence-electron chi connectivity index (χ1n) is 15.5. The van der Waals surface area contributed by atoms with Gasteiger partial charge >= 0.3 is 0 Å². The number of benzene rings is 2. The van der Waals surface area contributed by atoms with E-state index in [1.807, 2.05) is 0 Å². The highest BCUT2D eigenvalue weighted by atomic mass is 16.3. The number of fused-ring (bicyclic) bond motifs is 3. The molecule has 4 aromatic rings. The molecule has 4 rings (SSSR count). The van der Waals surface area contributed by atoms with E-state index in [9.17, 15) is 1.37 Å². The minimum Gasteiger partial charge on any atom is -0.456 e. The highest BCUT2D eigenvalue weighted by molar-refractivity contribution is 6.10. The third-order valence-corrected chi connectivity index (χ3v) is 5.85. The maximum atomic E-state index is 9.27. The first-order valence-corrected chi connectivity index (χ1v) is 10.5. The number of rotatable bonds is 4. The minimum atomic E-state index is -2.71. The number of aryl methyl sites for hydroxylation is 1. The summed E-state index contributed by atoms with van der Waals surface area (Å²) >= 11 is 0. The lowest BCUT2D eigenvalue weighted by Gasteiger charge is -2.14. The van der Waals surface area contributed by atoms with Crippen LogP contribution < -0.4 is 4.57 Å². The van der Waals surface area contributed by atoms with Crippen molar-refractivity contribution in [1.82, 2.24) is 0 Å². The predicted octanol–water partition coefficient (Wildman–Crippen LogP) is 7.88. The van der Waals surface area contributed by atoms with Crippen LogP contribution in [0.3, 0.4) is 0 Å². The monoisotopic (exact) mass is 435 g/mol. The molecule has 0 aliphatic carbocycles. The fourth-order valence-electron chi connectivity index (χ4n) is 4.07. The lowest BCUT2D eigenvalue weighted by Crippen LogP contribution is -2.36. The number of aromatic nitrogens is 1. The molecular formula is C29H33N2O+. The Balaban J connectivity index is 2.20. The topological polar surface area (TPSA) is 21.4 Å². The average molecular weight is 436 g/mol. The van der Waals surface area contributed by atoms with Crippen LogP contribution in [-0.2, 0) is 13.4 Å². The fourth-order valence-corrected chi connectivity index (χ4v) is 4.07. The van der Waals surface area contributed by atoms with E-state index < -0.39 is 31.9 Å². The first kappa shape index (κ1) is 12.8. The molecular weight excluding hydrogens is 392 g/mol. The quantitative estimate of drug-likeness (QED) is 0.236. The molecule has 3 nitrogen and oxygen atoms in total. The third-order valence-electron chi connectivity index (χ3n) is 5.85. The molecule has 0 fully saturated rings. The van der Waals surface area contributed by atoms with Gasteiger partial charge in [-0.1, -0.05) is 45.8 Å². The van der Waals surface area contributed by atoms with E-state index in [1.165, 1.54) is 19.1 Å². The van der Waals surface area contributed by atoms with Crippen LogP contribution in [0.5, 0.6) is 0 Å². The Kier molecular flexibility index (Phi) is 3.24. The Hall–Kier alpha value is -3.12. The van der Waals surface area contributed by atoms with Crippen molar-refractivity contribution in [3.05, 3.63) is 69.7 Å². The van der Waals surface area contributed by atoms with E-state index in [4.69, 9.17) is 23.3 Å². The molecule has 0 amide bonds. The SMILES string of the molecule is [2H]c1c(C([2H])([2H])C(C)C)c(C([2H])([2H])[2H])c(C)[n+](C)c1-c1c(C)ccc2c1oc1cc([N+]#[C-])c(C([2H])(C)C([2H])([2H])[2H])cc12. The van der Waals surface area contributed by atoms with Gasteiger partial charge in [-0.15, -0.1) is 0 Å². The van der Waals surface area contributed by atoms with E-state index in [1.54, 1.807) is 51.4 Å². The van der Waals surface area contributed by atoms with Gasteiger partial charge in [-0.3, -0.25) is 0 Å². The van der Waals surface area contributed by atoms with Crippen molar-refractivity contribution in [3.63, 3.8) is 0 Å². The summed E-state index contributed by atoms with van der Waals surface area (Å²) in [5.74, 6) is -2.70. The van der Waals surface area contributed by atoms with Gasteiger partial charge in [0.05, 0.1) is 13.5 Å². The van der Waals surface area contributed by atoms with Gasteiger partial charge < -0.3 is 4.42 Å². The molecule has 1 unspecified atom stereocenters.